The second-order valence-corrected chi connectivity index (χ2v) is 7.30. The van der Waals surface area contributed by atoms with Gasteiger partial charge in [0.15, 0.2) is 5.13 Å². The lowest BCUT2D eigenvalue weighted by molar-refractivity contribution is 1.35. The molecule has 0 aliphatic heterocycles. The van der Waals surface area contributed by atoms with Crippen molar-refractivity contribution in [2.75, 3.05) is 11.6 Å². The molecule has 3 rings (SSSR count). The summed E-state index contributed by atoms with van der Waals surface area (Å²) in [5, 5.41) is 5.01. The molecule has 112 valence electrons. The zero-order valence-corrected chi connectivity index (χ0v) is 14.6. The third-order valence-electron chi connectivity index (χ3n) is 3.26. The molecule has 3 aromatic rings. The van der Waals surface area contributed by atoms with E-state index >= 15 is 0 Å². The summed E-state index contributed by atoms with van der Waals surface area (Å²) in [5.41, 5.74) is 3.14. The maximum atomic E-state index is 5.94. The van der Waals surface area contributed by atoms with E-state index in [9.17, 15) is 0 Å². The van der Waals surface area contributed by atoms with Gasteiger partial charge in [-0.3, -0.25) is 0 Å². The highest BCUT2D eigenvalue weighted by molar-refractivity contribution is 7.98. The number of aryl methyl sites for hydroxylation is 1. The van der Waals surface area contributed by atoms with E-state index in [-0.39, 0.29) is 0 Å². The van der Waals surface area contributed by atoms with Gasteiger partial charge in [-0.2, -0.15) is 0 Å². The SMILES string of the molecule is CSc1ccc(Nc2nc(-c3ccc(Cl)cc3)c(C)s2)cc1. The summed E-state index contributed by atoms with van der Waals surface area (Å²) in [6.45, 7) is 2.09. The minimum absolute atomic E-state index is 0.740. The minimum Gasteiger partial charge on any atom is -0.332 e. The molecule has 0 saturated carbocycles. The second kappa shape index (κ2) is 6.73. The van der Waals surface area contributed by atoms with E-state index in [0.29, 0.717) is 0 Å². The van der Waals surface area contributed by atoms with Crippen LogP contribution in [0.1, 0.15) is 4.88 Å². The van der Waals surface area contributed by atoms with E-state index in [1.165, 1.54) is 9.77 Å². The van der Waals surface area contributed by atoms with Crippen LogP contribution >= 0.6 is 34.7 Å². The molecular formula is C17H15ClN2S2. The van der Waals surface area contributed by atoms with Gasteiger partial charge in [-0.1, -0.05) is 23.7 Å². The zero-order valence-electron chi connectivity index (χ0n) is 12.3. The Morgan fingerprint density at radius 2 is 1.73 bits per heavy atom. The monoisotopic (exact) mass is 346 g/mol. The first-order chi connectivity index (χ1) is 10.7. The van der Waals surface area contributed by atoms with Crippen molar-refractivity contribution >= 4 is 45.5 Å². The summed E-state index contributed by atoms with van der Waals surface area (Å²) in [6.07, 6.45) is 2.07. The van der Waals surface area contributed by atoms with Crippen molar-refractivity contribution in [3.8, 4) is 11.3 Å². The van der Waals surface area contributed by atoms with Crippen LogP contribution < -0.4 is 5.32 Å². The van der Waals surface area contributed by atoms with Gasteiger partial charge in [0.2, 0.25) is 0 Å². The van der Waals surface area contributed by atoms with Crippen LogP contribution in [0.25, 0.3) is 11.3 Å². The number of rotatable bonds is 4. The van der Waals surface area contributed by atoms with Crippen LogP contribution in [0.2, 0.25) is 5.02 Å². The molecule has 1 aromatic heterocycles. The molecule has 0 atom stereocenters. The Bertz CT molecular complexity index is 764. The second-order valence-electron chi connectivity index (χ2n) is 4.78. The van der Waals surface area contributed by atoms with Crippen molar-refractivity contribution < 1.29 is 0 Å². The first-order valence-electron chi connectivity index (χ1n) is 6.80. The maximum absolute atomic E-state index is 5.94. The van der Waals surface area contributed by atoms with Crippen LogP contribution in [-0.2, 0) is 0 Å². The zero-order chi connectivity index (χ0) is 15.5. The Morgan fingerprint density at radius 1 is 1.05 bits per heavy atom. The average molecular weight is 347 g/mol. The van der Waals surface area contributed by atoms with Crippen molar-refractivity contribution in [1.82, 2.24) is 4.98 Å². The quantitative estimate of drug-likeness (QED) is 0.566. The predicted molar refractivity (Wildman–Crippen MR) is 98.8 cm³/mol. The van der Waals surface area contributed by atoms with E-state index in [0.717, 1.165) is 27.1 Å². The van der Waals surface area contributed by atoms with Crippen molar-refractivity contribution in [1.29, 1.82) is 0 Å². The van der Waals surface area contributed by atoms with E-state index in [1.54, 1.807) is 23.1 Å². The standard InChI is InChI=1S/C17H15ClN2S2/c1-11-16(12-3-5-13(18)6-4-12)20-17(22-11)19-14-7-9-15(21-2)10-8-14/h3-10H,1-2H3,(H,19,20). The Morgan fingerprint density at radius 3 is 2.36 bits per heavy atom. The molecule has 0 saturated heterocycles. The van der Waals surface area contributed by atoms with Gasteiger partial charge >= 0.3 is 0 Å². The molecule has 0 bridgehead atoms. The lowest BCUT2D eigenvalue weighted by atomic mass is 10.1. The van der Waals surface area contributed by atoms with Crippen molar-refractivity contribution in [3.63, 3.8) is 0 Å². The summed E-state index contributed by atoms with van der Waals surface area (Å²) in [6, 6.07) is 16.1. The Balaban J connectivity index is 1.83. The average Bonchev–Trinajstić information content (AvgIpc) is 2.89. The van der Waals surface area contributed by atoms with Crippen LogP contribution in [0.4, 0.5) is 10.8 Å². The number of hydrogen-bond acceptors (Lipinski definition) is 4. The molecule has 5 heteroatoms. The minimum atomic E-state index is 0.740. The Hall–Kier alpha value is -1.49. The number of benzene rings is 2. The summed E-state index contributed by atoms with van der Waals surface area (Å²) in [5.74, 6) is 0. The third kappa shape index (κ3) is 3.46. The number of halogens is 1. The van der Waals surface area contributed by atoms with Crippen LogP contribution in [-0.4, -0.2) is 11.2 Å². The molecule has 22 heavy (non-hydrogen) atoms. The van der Waals surface area contributed by atoms with E-state index in [1.807, 2.05) is 24.3 Å². The summed E-state index contributed by atoms with van der Waals surface area (Å²) >= 11 is 9.34. The Labute approximate surface area is 143 Å². The van der Waals surface area contributed by atoms with Gasteiger partial charge in [0.1, 0.15) is 0 Å². The van der Waals surface area contributed by atoms with Gasteiger partial charge in [-0.25, -0.2) is 4.98 Å². The topological polar surface area (TPSA) is 24.9 Å². The van der Waals surface area contributed by atoms with Crippen LogP contribution in [0.5, 0.6) is 0 Å². The normalized spacial score (nSPS) is 10.7. The van der Waals surface area contributed by atoms with Crippen LogP contribution in [0.3, 0.4) is 0 Å². The smallest absolute Gasteiger partial charge is 0.187 e. The fourth-order valence-electron chi connectivity index (χ4n) is 2.12. The molecule has 1 N–H and O–H groups in total. The molecule has 0 aliphatic carbocycles. The lowest BCUT2D eigenvalue weighted by Crippen LogP contribution is -1.89. The molecule has 0 fully saturated rings. The first kappa shape index (κ1) is 15.4. The number of thioether (sulfide) groups is 1. The number of nitrogens with zero attached hydrogens (tertiary/aromatic N) is 1. The van der Waals surface area contributed by atoms with Crippen molar-refractivity contribution in [2.24, 2.45) is 0 Å². The number of anilines is 2. The van der Waals surface area contributed by atoms with Gasteiger partial charge in [0.05, 0.1) is 5.69 Å². The molecule has 0 unspecified atom stereocenters. The van der Waals surface area contributed by atoms with E-state index in [2.05, 4.69) is 42.8 Å². The number of nitrogens with one attached hydrogen (secondary N) is 1. The van der Waals surface area contributed by atoms with Gasteiger partial charge < -0.3 is 5.32 Å². The molecular weight excluding hydrogens is 332 g/mol. The third-order valence-corrected chi connectivity index (χ3v) is 5.14. The summed E-state index contributed by atoms with van der Waals surface area (Å²) in [4.78, 5) is 7.14. The summed E-state index contributed by atoms with van der Waals surface area (Å²) in [7, 11) is 0. The highest BCUT2D eigenvalue weighted by atomic mass is 35.5. The fraction of sp³-hybridized carbons (Fsp3) is 0.118. The number of thiazole rings is 1. The van der Waals surface area contributed by atoms with Crippen molar-refractivity contribution in [2.45, 2.75) is 11.8 Å². The molecule has 0 amide bonds. The van der Waals surface area contributed by atoms with Gasteiger partial charge in [-0.15, -0.1) is 23.1 Å². The molecule has 1 heterocycles. The highest BCUT2D eigenvalue weighted by Crippen LogP contribution is 2.32. The largest absolute Gasteiger partial charge is 0.332 e. The van der Waals surface area contributed by atoms with E-state index in [4.69, 9.17) is 16.6 Å². The maximum Gasteiger partial charge on any atom is 0.187 e. The first-order valence-corrected chi connectivity index (χ1v) is 9.22. The lowest BCUT2D eigenvalue weighted by Gasteiger charge is -2.03. The number of aromatic nitrogens is 1. The van der Waals surface area contributed by atoms with Crippen LogP contribution in [0, 0.1) is 6.92 Å². The molecule has 2 aromatic carbocycles. The van der Waals surface area contributed by atoms with Gasteiger partial charge in [0.25, 0.3) is 0 Å². The molecule has 0 aliphatic rings. The van der Waals surface area contributed by atoms with Gasteiger partial charge in [0, 0.05) is 26.0 Å². The van der Waals surface area contributed by atoms with Crippen LogP contribution in [0.15, 0.2) is 53.4 Å². The fourth-order valence-corrected chi connectivity index (χ4v) is 3.51. The van der Waals surface area contributed by atoms with Gasteiger partial charge in [-0.05, 0) is 49.6 Å². The summed E-state index contributed by atoms with van der Waals surface area (Å²) < 4.78 is 0. The molecule has 0 spiro atoms. The Kier molecular flexibility index (Phi) is 4.71. The molecule has 0 radical (unpaired) electrons. The number of hydrogen-bond donors (Lipinski definition) is 1. The molecule has 2 nitrogen and oxygen atoms in total. The van der Waals surface area contributed by atoms with E-state index < -0.39 is 0 Å². The predicted octanol–water partition coefficient (Wildman–Crippen LogP) is 6.24. The van der Waals surface area contributed by atoms with Crippen molar-refractivity contribution in [3.05, 3.63) is 58.4 Å². The highest BCUT2D eigenvalue weighted by Gasteiger charge is 2.10.